The quantitative estimate of drug-likeness (QED) is 0.571. The predicted molar refractivity (Wildman–Crippen MR) is 124 cm³/mol. The zero-order valence-electron chi connectivity index (χ0n) is 19.1. The molecule has 8 nitrogen and oxygen atoms in total. The molecule has 5 rings (SSSR count). The van der Waals surface area contributed by atoms with E-state index in [1.54, 1.807) is 27.4 Å². The van der Waals surface area contributed by atoms with Crippen LogP contribution in [0.2, 0.25) is 0 Å². The summed E-state index contributed by atoms with van der Waals surface area (Å²) in [6, 6.07) is 5.31. The molecule has 2 heterocycles. The number of phenolic OH excluding ortho intramolecular Hbond substituents is 1. The molecule has 3 aromatic rings. The van der Waals surface area contributed by atoms with Crippen molar-refractivity contribution in [1.82, 2.24) is 5.43 Å². The van der Waals surface area contributed by atoms with Crippen LogP contribution in [-0.4, -0.2) is 32.1 Å². The highest BCUT2D eigenvalue weighted by molar-refractivity contribution is 6.09. The van der Waals surface area contributed by atoms with Crippen molar-refractivity contribution in [2.24, 2.45) is 5.10 Å². The molecule has 0 bridgehead atoms. The van der Waals surface area contributed by atoms with Crippen LogP contribution in [0.4, 0.5) is 0 Å². The third-order valence-electron chi connectivity index (χ3n) is 6.58. The molecule has 1 aromatic heterocycles. The van der Waals surface area contributed by atoms with Crippen molar-refractivity contribution < 1.29 is 23.7 Å². The van der Waals surface area contributed by atoms with Gasteiger partial charge in [0.1, 0.15) is 17.1 Å². The number of nitrogens with one attached hydrogen (secondary N) is 1. The van der Waals surface area contributed by atoms with Crippen molar-refractivity contribution in [2.75, 3.05) is 21.3 Å². The first-order chi connectivity index (χ1) is 16.0. The lowest BCUT2D eigenvalue weighted by Gasteiger charge is -2.18. The highest BCUT2D eigenvalue weighted by atomic mass is 16.5. The van der Waals surface area contributed by atoms with Crippen LogP contribution in [0, 0.1) is 6.92 Å². The van der Waals surface area contributed by atoms with E-state index in [9.17, 15) is 9.90 Å². The number of hydrogen-bond donors (Lipinski definition) is 2. The van der Waals surface area contributed by atoms with E-state index in [2.05, 4.69) is 10.5 Å². The summed E-state index contributed by atoms with van der Waals surface area (Å²) in [7, 11) is 4.77. The molecule has 8 heteroatoms. The van der Waals surface area contributed by atoms with Crippen LogP contribution in [-0.2, 0) is 12.8 Å². The van der Waals surface area contributed by atoms with Gasteiger partial charge >= 0.3 is 5.63 Å². The summed E-state index contributed by atoms with van der Waals surface area (Å²) in [6.07, 6.45) is 2.85. The fourth-order valence-electron chi connectivity index (χ4n) is 5.02. The van der Waals surface area contributed by atoms with Crippen LogP contribution in [0.15, 0.2) is 32.5 Å². The number of fused-ring (bicyclic) bond motifs is 3. The molecular formula is C25H26N2O6. The molecule has 0 radical (unpaired) electrons. The Bertz CT molecular complexity index is 1360. The number of ether oxygens (including phenoxy) is 3. The van der Waals surface area contributed by atoms with Gasteiger partial charge in [0, 0.05) is 29.2 Å². The lowest BCUT2D eigenvalue weighted by molar-refractivity contribution is 0.345. The monoisotopic (exact) mass is 450 g/mol. The standard InChI is InChI=1S/C25H26N2O6/c1-12-8-21-23(13-6-5-7-14(13)25(29)33-21)24(28)22(12)17-10-16(26-27-17)15-9-19(31-3)20(32-4)11-18(15)30-2/h8-9,11,16,26,28H,5-7,10H2,1-4H3. The fourth-order valence-corrected chi connectivity index (χ4v) is 5.02. The summed E-state index contributed by atoms with van der Waals surface area (Å²) in [6.45, 7) is 1.88. The second kappa shape index (κ2) is 8.03. The van der Waals surface area contributed by atoms with E-state index in [1.807, 2.05) is 19.1 Å². The van der Waals surface area contributed by atoms with E-state index in [-0.39, 0.29) is 17.4 Å². The fraction of sp³-hybridized carbons (Fsp3) is 0.360. The Hall–Kier alpha value is -3.68. The normalized spacial score (nSPS) is 17.0. The summed E-state index contributed by atoms with van der Waals surface area (Å²) in [4.78, 5) is 12.3. The van der Waals surface area contributed by atoms with Crippen molar-refractivity contribution in [3.05, 3.63) is 56.4 Å². The number of nitrogens with zero attached hydrogens (tertiary/aromatic N) is 1. The van der Waals surface area contributed by atoms with E-state index in [0.29, 0.717) is 52.2 Å². The largest absolute Gasteiger partial charge is 0.506 e. The van der Waals surface area contributed by atoms with Crippen LogP contribution in [0.3, 0.4) is 0 Å². The van der Waals surface area contributed by atoms with Gasteiger partial charge in [-0.2, -0.15) is 5.10 Å². The smallest absolute Gasteiger partial charge is 0.339 e. The van der Waals surface area contributed by atoms with Crippen molar-refractivity contribution in [1.29, 1.82) is 0 Å². The summed E-state index contributed by atoms with van der Waals surface area (Å²) < 4.78 is 22.0. The van der Waals surface area contributed by atoms with E-state index in [1.165, 1.54) is 0 Å². The first kappa shape index (κ1) is 21.2. The molecule has 2 aliphatic rings. The lowest BCUT2D eigenvalue weighted by atomic mass is 9.92. The van der Waals surface area contributed by atoms with Gasteiger partial charge in [-0.05, 0) is 49.4 Å². The predicted octanol–water partition coefficient (Wildman–Crippen LogP) is 3.76. The van der Waals surface area contributed by atoms with Gasteiger partial charge in [-0.25, -0.2) is 4.79 Å². The third-order valence-corrected chi connectivity index (χ3v) is 6.58. The van der Waals surface area contributed by atoms with Crippen LogP contribution >= 0.6 is 0 Å². The first-order valence-electron chi connectivity index (χ1n) is 10.9. The Morgan fingerprint density at radius 1 is 1.03 bits per heavy atom. The first-order valence-corrected chi connectivity index (χ1v) is 10.9. The number of hydrazone groups is 1. The number of benzene rings is 2. The van der Waals surface area contributed by atoms with Crippen LogP contribution < -0.4 is 25.3 Å². The molecule has 1 aliphatic carbocycles. The van der Waals surface area contributed by atoms with Gasteiger partial charge in [-0.1, -0.05) is 0 Å². The molecule has 0 fully saturated rings. The SMILES string of the molecule is COc1cc(OC)c(C2CC(c3c(C)cc4oc(=O)c5c(c4c3O)CCC5)=NN2)cc1OC. The summed E-state index contributed by atoms with van der Waals surface area (Å²) >= 11 is 0. The second-order valence-corrected chi connectivity index (χ2v) is 8.38. The maximum atomic E-state index is 12.3. The average molecular weight is 450 g/mol. The van der Waals surface area contributed by atoms with Gasteiger partial charge in [-0.15, -0.1) is 0 Å². The molecule has 1 unspecified atom stereocenters. The zero-order chi connectivity index (χ0) is 23.3. The molecule has 1 aliphatic heterocycles. The van der Waals surface area contributed by atoms with Crippen LogP contribution in [0.1, 0.15) is 46.7 Å². The maximum absolute atomic E-state index is 12.3. The number of aryl methyl sites for hydroxylation is 2. The minimum Gasteiger partial charge on any atom is -0.506 e. The molecule has 1 atom stereocenters. The van der Waals surface area contributed by atoms with E-state index in [0.717, 1.165) is 35.2 Å². The van der Waals surface area contributed by atoms with Crippen molar-refractivity contribution in [2.45, 2.75) is 38.6 Å². The van der Waals surface area contributed by atoms with Crippen molar-refractivity contribution in [3.63, 3.8) is 0 Å². The Kier molecular flexibility index (Phi) is 5.15. The van der Waals surface area contributed by atoms with Gasteiger partial charge in [0.25, 0.3) is 0 Å². The molecule has 0 amide bonds. The van der Waals surface area contributed by atoms with Crippen LogP contribution in [0.25, 0.3) is 11.0 Å². The molecular weight excluding hydrogens is 424 g/mol. The van der Waals surface area contributed by atoms with Gasteiger partial charge in [0.05, 0.1) is 38.5 Å². The minimum atomic E-state index is -0.304. The zero-order valence-corrected chi connectivity index (χ0v) is 19.1. The number of hydrogen-bond acceptors (Lipinski definition) is 8. The van der Waals surface area contributed by atoms with E-state index < -0.39 is 0 Å². The topological polar surface area (TPSA) is 103 Å². The minimum absolute atomic E-state index is 0.118. The van der Waals surface area contributed by atoms with E-state index >= 15 is 0 Å². The summed E-state index contributed by atoms with van der Waals surface area (Å²) in [5.41, 5.74) is 7.92. The number of aromatic hydroxyl groups is 1. The Labute approximate surface area is 190 Å². The molecule has 0 saturated heterocycles. The number of methoxy groups -OCH3 is 3. The molecule has 0 saturated carbocycles. The Morgan fingerprint density at radius 2 is 1.73 bits per heavy atom. The van der Waals surface area contributed by atoms with Gasteiger partial charge in [0.2, 0.25) is 0 Å². The van der Waals surface area contributed by atoms with Gasteiger partial charge < -0.3 is 29.2 Å². The molecule has 2 N–H and O–H groups in total. The molecule has 2 aromatic carbocycles. The number of phenols is 1. The Balaban J connectivity index is 1.56. The highest BCUT2D eigenvalue weighted by Crippen LogP contribution is 2.42. The summed E-state index contributed by atoms with van der Waals surface area (Å²) in [5, 5.41) is 16.5. The lowest BCUT2D eigenvalue weighted by Crippen LogP contribution is -2.12. The molecule has 172 valence electrons. The highest BCUT2D eigenvalue weighted by Gasteiger charge is 2.30. The second-order valence-electron chi connectivity index (χ2n) is 8.38. The average Bonchev–Trinajstić information content (AvgIpc) is 3.48. The van der Waals surface area contributed by atoms with Crippen molar-refractivity contribution in [3.8, 4) is 23.0 Å². The van der Waals surface area contributed by atoms with Gasteiger partial charge in [0.15, 0.2) is 11.5 Å². The maximum Gasteiger partial charge on any atom is 0.339 e. The number of rotatable bonds is 5. The summed E-state index contributed by atoms with van der Waals surface area (Å²) in [5.74, 6) is 1.95. The third kappa shape index (κ3) is 3.28. The Morgan fingerprint density at radius 3 is 2.45 bits per heavy atom. The van der Waals surface area contributed by atoms with Crippen molar-refractivity contribution >= 4 is 16.7 Å². The van der Waals surface area contributed by atoms with E-state index in [4.69, 9.17) is 18.6 Å². The van der Waals surface area contributed by atoms with Crippen LogP contribution in [0.5, 0.6) is 23.0 Å². The molecule has 33 heavy (non-hydrogen) atoms. The molecule has 0 spiro atoms. The van der Waals surface area contributed by atoms with Gasteiger partial charge in [-0.3, -0.25) is 0 Å².